The SMILES string of the molecule is C.C.CCCc1cc(C(=O)C(F)(F)F)c(O)c(CCC)c1O.CCCc1cc2c(C(F)(F)F)noc2c(CCC)c1O.NOCl. The van der Waals surface area contributed by atoms with Gasteiger partial charge in [0.15, 0.2) is 11.3 Å². The van der Waals surface area contributed by atoms with Crippen LogP contribution in [0.3, 0.4) is 0 Å². The van der Waals surface area contributed by atoms with Crippen LogP contribution < -0.4 is 5.90 Å². The van der Waals surface area contributed by atoms with Crippen molar-refractivity contribution in [1.82, 2.24) is 5.16 Å². The lowest BCUT2D eigenvalue weighted by molar-refractivity contribution is -0.141. The molecule has 0 bridgehead atoms. The summed E-state index contributed by atoms with van der Waals surface area (Å²) in [7, 11) is 0. The zero-order valence-corrected chi connectivity index (χ0v) is 24.8. The van der Waals surface area contributed by atoms with Gasteiger partial charge in [-0.15, -0.1) is 0 Å². The second kappa shape index (κ2) is 19.3. The van der Waals surface area contributed by atoms with Crippen molar-refractivity contribution in [1.29, 1.82) is 0 Å². The van der Waals surface area contributed by atoms with E-state index < -0.39 is 35.1 Å². The molecule has 0 atom stereocenters. The smallest absolute Gasteiger partial charge is 0.455 e. The number of hydrogen-bond acceptors (Lipinski definition) is 8. The molecule has 0 saturated carbocycles. The molecule has 15 heteroatoms. The van der Waals surface area contributed by atoms with Gasteiger partial charge in [0.25, 0.3) is 5.78 Å². The molecule has 0 amide bonds. The highest BCUT2D eigenvalue weighted by Crippen LogP contribution is 2.40. The monoisotopic (exact) mass is 676 g/mol. The highest BCUT2D eigenvalue weighted by molar-refractivity contribution is 6.07. The fourth-order valence-corrected chi connectivity index (χ4v) is 4.39. The lowest BCUT2D eigenvalue weighted by Gasteiger charge is -2.15. The van der Waals surface area contributed by atoms with E-state index in [1.807, 2.05) is 13.8 Å². The quantitative estimate of drug-likeness (QED) is 0.0998. The van der Waals surface area contributed by atoms with Gasteiger partial charge in [-0.3, -0.25) is 4.79 Å². The molecule has 0 radical (unpaired) electrons. The number of hydrogen-bond donors (Lipinski definition) is 4. The minimum absolute atomic E-state index is 0. The highest BCUT2D eigenvalue weighted by Gasteiger charge is 2.42. The van der Waals surface area contributed by atoms with Gasteiger partial charge in [-0.2, -0.15) is 36.6 Å². The number of nitrogens with zero attached hydrogens (tertiary/aromatic N) is 1. The Hall–Kier alpha value is -3.23. The molecule has 45 heavy (non-hydrogen) atoms. The minimum Gasteiger partial charge on any atom is -0.507 e. The molecule has 3 rings (SSSR count). The predicted octanol–water partition coefficient (Wildman–Crippen LogP) is 9.51. The second-order valence-electron chi connectivity index (χ2n) is 9.44. The lowest BCUT2D eigenvalue weighted by Crippen LogP contribution is -2.23. The molecule has 0 fully saturated rings. The molecule has 0 aliphatic carbocycles. The van der Waals surface area contributed by atoms with Crippen LogP contribution in [0.25, 0.3) is 11.0 Å². The van der Waals surface area contributed by atoms with Gasteiger partial charge in [-0.05, 0) is 48.9 Å². The first-order valence-electron chi connectivity index (χ1n) is 13.4. The Morgan fingerprint density at radius 1 is 0.822 bits per heavy atom. The molecule has 0 unspecified atom stereocenters. The van der Waals surface area contributed by atoms with Crippen molar-refractivity contribution in [3.63, 3.8) is 0 Å². The number of Topliss-reactive ketones (excluding diaryl/α,β-unsaturated/α-hetero) is 1. The third-order valence-electron chi connectivity index (χ3n) is 6.17. The predicted molar refractivity (Wildman–Crippen MR) is 161 cm³/mol. The summed E-state index contributed by atoms with van der Waals surface area (Å²) in [4.78, 5) is 11.3. The van der Waals surface area contributed by atoms with Crippen LogP contribution in [0.15, 0.2) is 16.7 Å². The number of ketones is 1. The van der Waals surface area contributed by atoms with Crippen molar-refractivity contribution in [3.8, 4) is 17.2 Å². The topological polar surface area (TPSA) is 139 Å². The molecule has 0 aliphatic heterocycles. The molecule has 3 aromatic rings. The number of benzene rings is 2. The van der Waals surface area contributed by atoms with Crippen LogP contribution in [0.1, 0.15) is 107 Å². The number of aromatic nitrogens is 1. The summed E-state index contributed by atoms with van der Waals surface area (Å²) in [6.07, 6.45) is -5.56. The maximum atomic E-state index is 12.9. The summed E-state index contributed by atoms with van der Waals surface area (Å²) in [5.74, 6) is 1.06. The number of aryl methyl sites for hydroxylation is 3. The van der Waals surface area contributed by atoms with Crippen molar-refractivity contribution in [2.75, 3.05) is 0 Å². The standard InChI is InChI=1S/C14H16F3NO2.C14H17F3O3.2CH4.ClH2NO/c1-3-5-8-7-10-12(9(6-4-2)11(8)19)20-18-13(10)14(15,16)17;1-3-5-8-7-10(13(20)14(15,16)17)12(19)9(6-4-2)11(8)18;;;1-3-2/h7,19H,3-6H2,1-2H3;7,18-19H,3-6H2,1-2H3;2*1H4;2H2. The van der Waals surface area contributed by atoms with Crippen molar-refractivity contribution in [3.05, 3.63) is 45.6 Å². The van der Waals surface area contributed by atoms with E-state index in [-0.39, 0.29) is 54.9 Å². The number of nitrogens with two attached hydrogens (primary N) is 1. The number of fused-ring (bicyclic) bond motifs is 1. The average Bonchev–Trinajstić information content (AvgIpc) is 3.35. The molecule has 5 N–H and O–H groups in total. The summed E-state index contributed by atoms with van der Waals surface area (Å²) < 4.78 is 84.4. The number of carbonyl (C=O) groups excluding carboxylic acids is 1. The fourth-order valence-electron chi connectivity index (χ4n) is 4.39. The van der Waals surface area contributed by atoms with Gasteiger partial charge in [0, 0.05) is 11.1 Å². The number of phenols is 3. The number of phenolic OH excluding ortho intramolecular Hbond substituents is 3. The van der Waals surface area contributed by atoms with Gasteiger partial charge >= 0.3 is 12.4 Å². The molecule has 1 heterocycles. The van der Waals surface area contributed by atoms with Gasteiger partial charge < -0.3 is 19.8 Å². The van der Waals surface area contributed by atoms with E-state index in [2.05, 4.69) is 27.3 Å². The Bertz CT molecular complexity index is 1360. The first-order valence-corrected chi connectivity index (χ1v) is 13.7. The van der Waals surface area contributed by atoms with E-state index in [0.717, 1.165) is 12.5 Å². The first-order chi connectivity index (χ1) is 20.0. The van der Waals surface area contributed by atoms with E-state index in [1.165, 1.54) is 6.07 Å². The van der Waals surface area contributed by atoms with Crippen LogP contribution in [0, 0.1) is 0 Å². The Balaban J connectivity index is 0. The Morgan fingerprint density at radius 2 is 1.24 bits per heavy atom. The van der Waals surface area contributed by atoms with Crippen molar-refractivity contribution in [2.45, 2.75) is 106 Å². The number of rotatable bonds is 9. The average molecular weight is 677 g/mol. The van der Waals surface area contributed by atoms with E-state index >= 15 is 0 Å². The van der Waals surface area contributed by atoms with Gasteiger partial charge in [-0.25, -0.2) is 0 Å². The van der Waals surface area contributed by atoms with E-state index in [1.54, 1.807) is 13.8 Å². The summed E-state index contributed by atoms with van der Waals surface area (Å²) in [5.41, 5.74) is -0.595. The van der Waals surface area contributed by atoms with Crippen LogP contribution >= 0.6 is 11.9 Å². The van der Waals surface area contributed by atoms with Crippen molar-refractivity contribution >= 4 is 28.6 Å². The van der Waals surface area contributed by atoms with E-state index in [4.69, 9.17) is 4.52 Å². The Labute approximate surface area is 264 Å². The maximum Gasteiger partial charge on any atom is 0.455 e. The highest BCUT2D eigenvalue weighted by atomic mass is 35.5. The van der Waals surface area contributed by atoms with Crippen molar-refractivity contribution < 1.29 is 55.4 Å². The number of carbonyl (C=O) groups is 1. The van der Waals surface area contributed by atoms with Crippen LogP contribution in [0.5, 0.6) is 17.2 Å². The second-order valence-corrected chi connectivity index (χ2v) is 9.62. The Kier molecular flexibility index (Phi) is 18.8. The van der Waals surface area contributed by atoms with Crippen molar-refractivity contribution in [2.24, 2.45) is 5.90 Å². The third-order valence-corrected chi connectivity index (χ3v) is 6.17. The van der Waals surface area contributed by atoms with Gasteiger partial charge in [0.1, 0.15) is 17.2 Å². The van der Waals surface area contributed by atoms with Crippen LogP contribution in [-0.2, 0) is 36.2 Å². The molecule has 8 nitrogen and oxygen atoms in total. The molecular weight excluding hydrogens is 634 g/mol. The van der Waals surface area contributed by atoms with Crippen LogP contribution in [0.2, 0.25) is 0 Å². The molecular formula is C30H43ClF6N2O6. The number of aromatic hydroxyl groups is 3. The zero-order valence-electron chi connectivity index (χ0n) is 24.0. The number of halogens is 7. The normalized spacial score (nSPS) is 11.0. The summed E-state index contributed by atoms with van der Waals surface area (Å²) in [5, 5.41) is 33.1. The summed E-state index contributed by atoms with van der Waals surface area (Å²) >= 11 is 4.28. The third kappa shape index (κ3) is 11.3. The van der Waals surface area contributed by atoms with E-state index in [9.17, 15) is 46.5 Å². The fraction of sp³-hybridized carbons (Fsp3) is 0.533. The molecule has 0 saturated heterocycles. The number of alkyl halides is 6. The molecule has 0 spiro atoms. The largest absolute Gasteiger partial charge is 0.507 e. The van der Waals surface area contributed by atoms with Gasteiger partial charge in [-0.1, -0.05) is 73.4 Å². The maximum absolute atomic E-state index is 12.9. The van der Waals surface area contributed by atoms with Crippen LogP contribution in [0.4, 0.5) is 26.3 Å². The van der Waals surface area contributed by atoms with E-state index in [0.29, 0.717) is 49.7 Å². The molecule has 0 aliphatic rings. The molecule has 2 aromatic carbocycles. The summed E-state index contributed by atoms with van der Waals surface area (Å²) in [6, 6.07) is 2.27. The molecule has 258 valence electrons. The zero-order chi connectivity index (χ0) is 33.1. The first kappa shape index (κ1) is 43.9. The lowest BCUT2D eigenvalue weighted by atomic mass is 9.95. The molecule has 1 aromatic heterocycles. The van der Waals surface area contributed by atoms with Crippen LogP contribution in [-0.4, -0.2) is 32.4 Å². The minimum atomic E-state index is -5.05. The van der Waals surface area contributed by atoms with Gasteiger partial charge in [0.05, 0.1) is 22.8 Å². The Morgan fingerprint density at radius 3 is 1.67 bits per heavy atom. The summed E-state index contributed by atoms with van der Waals surface area (Å²) in [6.45, 7) is 7.36. The van der Waals surface area contributed by atoms with Gasteiger partial charge in [0.2, 0.25) is 0 Å².